The Morgan fingerprint density at radius 2 is 1.73 bits per heavy atom. The molecular formula is C18H15ClN6O. The zero-order valence-electron chi connectivity index (χ0n) is 13.8. The molecule has 26 heavy (non-hydrogen) atoms. The predicted molar refractivity (Wildman–Crippen MR) is 95.6 cm³/mol. The SMILES string of the molecule is O=C(c1ncc(Cl)cn1)N1CCc2ncnc(-c3ccncc3)c2CC1. The Kier molecular flexibility index (Phi) is 4.53. The number of amides is 1. The number of aromatic nitrogens is 5. The van der Waals surface area contributed by atoms with Crippen LogP contribution in [0.15, 0.2) is 43.2 Å². The van der Waals surface area contributed by atoms with Crippen molar-refractivity contribution < 1.29 is 4.79 Å². The molecule has 1 aliphatic heterocycles. The van der Waals surface area contributed by atoms with Gasteiger partial charge in [-0.15, -0.1) is 0 Å². The molecule has 0 unspecified atom stereocenters. The molecule has 8 heteroatoms. The monoisotopic (exact) mass is 366 g/mol. The highest BCUT2D eigenvalue weighted by molar-refractivity contribution is 6.30. The third-order valence-electron chi connectivity index (χ3n) is 4.34. The largest absolute Gasteiger partial charge is 0.335 e. The van der Waals surface area contributed by atoms with Gasteiger partial charge in [0, 0.05) is 61.1 Å². The van der Waals surface area contributed by atoms with Crippen LogP contribution in [0, 0.1) is 0 Å². The fourth-order valence-corrected chi connectivity index (χ4v) is 3.15. The second-order valence-electron chi connectivity index (χ2n) is 5.90. The summed E-state index contributed by atoms with van der Waals surface area (Å²) < 4.78 is 0. The Morgan fingerprint density at radius 1 is 1.00 bits per heavy atom. The zero-order valence-corrected chi connectivity index (χ0v) is 14.6. The molecule has 4 heterocycles. The van der Waals surface area contributed by atoms with Gasteiger partial charge in [-0.2, -0.15) is 0 Å². The molecule has 0 fully saturated rings. The van der Waals surface area contributed by atoms with E-state index in [4.69, 9.17) is 11.6 Å². The first-order chi connectivity index (χ1) is 12.7. The fraction of sp³-hybridized carbons (Fsp3) is 0.222. The first-order valence-corrected chi connectivity index (χ1v) is 8.60. The van der Waals surface area contributed by atoms with E-state index in [1.54, 1.807) is 23.6 Å². The molecule has 0 saturated carbocycles. The van der Waals surface area contributed by atoms with Gasteiger partial charge in [0.05, 0.1) is 10.7 Å². The van der Waals surface area contributed by atoms with Gasteiger partial charge in [0.25, 0.3) is 5.91 Å². The summed E-state index contributed by atoms with van der Waals surface area (Å²) in [6.07, 6.45) is 9.27. The van der Waals surface area contributed by atoms with Crippen LogP contribution in [0.1, 0.15) is 21.9 Å². The minimum Gasteiger partial charge on any atom is -0.335 e. The van der Waals surface area contributed by atoms with Crippen molar-refractivity contribution in [2.75, 3.05) is 13.1 Å². The summed E-state index contributed by atoms with van der Waals surface area (Å²) >= 11 is 5.80. The molecule has 130 valence electrons. The van der Waals surface area contributed by atoms with Gasteiger partial charge in [0.1, 0.15) is 6.33 Å². The molecule has 0 spiro atoms. The first kappa shape index (κ1) is 16.5. The van der Waals surface area contributed by atoms with E-state index in [2.05, 4.69) is 24.9 Å². The van der Waals surface area contributed by atoms with Crippen LogP contribution < -0.4 is 0 Å². The minimum absolute atomic E-state index is 0.154. The molecule has 0 atom stereocenters. The Bertz CT molecular complexity index is 932. The van der Waals surface area contributed by atoms with E-state index >= 15 is 0 Å². The van der Waals surface area contributed by atoms with E-state index in [0.29, 0.717) is 31.0 Å². The predicted octanol–water partition coefficient (Wildman–Crippen LogP) is 2.22. The van der Waals surface area contributed by atoms with Gasteiger partial charge in [-0.3, -0.25) is 9.78 Å². The molecule has 0 radical (unpaired) electrons. The summed E-state index contributed by atoms with van der Waals surface area (Å²) in [5.41, 5.74) is 3.94. The van der Waals surface area contributed by atoms with Crippen molar-refractivity contribution in [3.05, 3.63) is 65.4 Å². The average molecular weight is 367 g/mol. The van der Waals surface area contributed by atoms with Crippen LogP contribution in [-0.4, -0.2) is 48.8 Å². The van der Waals surface area contributed by atoms with Gasteiger partial charge in [0.2, 0.25) is 5.82 Å². The average Bonchev–Trinajstić information content (AvgIpc) is 2.91. The summed E-state index contributed by atoms with van der Waals surface area (Å²) in [6.45, 7) is 1.12. The Labute approximate surface area is 155 Å². The van der Waals surface area contributed by atoms with Gasteiger partial charge in [-0.25, -0.2) is 19.9 Å². The van der Waals surface area contributed by atoms with Crippen molar-refractivity contribution >= 4 is 17.5 Å². The number of carbonyl (C=O) groups excluding carboxylic acids is 1. The number of pyridine rings is 1. The molecule has 4 rings (SSSR count). The highest BCUT2D eigenvalue weighted by Crippen LogP contribution is 2.25. The molecule has 3 aromatic rings. The molecule has 1 amide bonds. The normalized spacial score (nSPS) is 13.8. The van der Waals surface area contributed by atoms with Crippen molar-refractivity contribution in [2.45, 2.75) is 12.8 Å². The number of rotatable bonds is 2. The van der Waals surface area contributed by atoms with Crippen molar-refractivity contribution in [1.29, 1.82) is 0 Å². The lowest BCUT2D eigenvalue weighted by molar-refractivity contribution is 0.0750. The molecule has 1 aliphatic rings. The van der Waals surface area contributed by atoms with Crippen LogP contribution in [0.25, 0.3) is 11.3 Å². The molecule has 0 N–H and O–H groups in total. The standard InChI is InChI=1S/C18H15ClN6O/c19-13-9-21-17(22-10-13)18(26)25-7-3-14-15(4-8-25)23-11-24-16(14)12-1-5-20-6-2-12/h1-2,5-6,9-11H,3-4,7-8H2. The topological polar surface area (TPSA) is 84.8 Å². The molecule has 7 nitrogen and oxygen atoms in total. The number of fused-ring (bicyclic) bond motifs is 1. The van der Waals surface area contributed by atoms with Crippen molar-refractivity contribution in [1.82, 2.24) is 29.8 Å². The molecular weight excluding hydrogens is 352 g/mol. The lowest BCUT2D eigenvalue weighted by Gasteiger charge is -2.18. The van der Waals surface area contributed by atoms with Crippen molar-refractivity contribution in [3.63, 3.8) is 0 Å². The Hall–Kier alpha value is -2.93. The van der Waals surface area contributed by atoms with E-state index in [1.807, 2.05) is 12.1 Å². The van der Waals surface area contributed by atoms with Gasteiger partial charge in [-0.1, -0.05) is 11.6 Å². The van der Waals surface area contributed by atoms with E-state index in [0.717, 1.165) is 22.5 Å². The van der Waals surface area contributed by atoms with Crippen LogP contribution in [0.2, 0.25) is 5.02 Å². The number of nitrogens with zero attached hydrogens (tertiary/aromatic N) is 6. The summed E-state index contributed by atoms with van der Waals surface area (Å²) in [7, 11) is 0. The second kappa shape index (κ2) is 7.13. The van der Waals surface area contributed by atoms with E-state index in [-0.39, 0.29) is 11.7 Å². The molecule has 0 aliphatic carbocycles. The first-order valence-electron chi connectivity index (χ1n) is 8.22. The van der Waals surface area contributed by atoms with Gasteiger partial charge < -0.3 is 4.90 Å². The summed E-state index contributed by atoms with van der Waals surface area (Å²) in [5.74, 6) is -0.0475. The third-order valence-corrected chi connectivity index (χ3v) is 4.53. The van der Waals surface area contributed by atoms with E-state index in [9.17, 15) is 4.79 Å². The summed E-state index contributed by atoms with van der Waals surface area (Å²) in [5, 5.41) is 0.405. The highest BCUT2D eigenvalue weighted by atomic mass is 35.5. The lowest BCUT2D eigenvalue weighted by atomic mass is 10.0. The van der Waals surface area contributed by atoms with Crippen LogP contribution in [0.3, 0.4) is 0 Å². The maximum absolute atomic E-state index is 12.7. The lowest BCUT2D eigenvalue weighted by Crippen LogP contribution is -2.34. The third kappa shape index (κ3) is 3.25. The fourth-order valence-electron chi connectivity index (χ4n) is 3.05. The summed E-state index contributed by atoms with van der Waals surface area (Å²) in [4.78, 5) is 35.4. The number of carbonyl (C=O) groups is 1. The van der Waals surface area contributed by atoms with Gasteiger partial charge in [-0.05, 0) is 18.6 Å². The second-order valence-corrected chi connectivity index (χ2v) is 6.34. The zero-order chi connectivity index (χ0) is 17.9. The van der Waals surface area contributed by atoms with E-state index < -0.39 is 0 Å². The quantitative estimate of drug-likeness (QED) is 0.691. The van der Waals surface area contributed by atoms with E-state index in [1.165, 1.54) is 12.4 Å². The van der Waals surface area contributed by atoms with Crippen molar-refractivity contribution in [2.24, 2.45) is 0 Å². The van der Waals surface area contributed by atoms with Crippen molar-refractivity contribution in [3.8, 4) is 11.3 Å². The maximum atomic E-state index is 12.7. The van der Waals surface area contributed by atoms with Crippen LogP contribution in [-0.2, 0) is 12.8 Å². The highest BCUT2D eigenvalue weighted by Gasteiger charge is 2.24. The maximum Gasteiger partial charge on any atom is 0.291 e. The minimum atomic E-state index is -0.201. The van der Waals surface area contributed by atoms with Crippen LogP contribution >= 0.6 is 11.6 Å². The Morgan fingerprint density at radius 3 is 2.50 bits per heavy atom. The number of halogens is 1. The van der Waals surface area contributed by atoms with Crippen LogP contribution in [0.5, 0.6) is 0 Å². The molecule has 0 saturated heterocycles. The van der Waals surface area contributed by atoms with Gasteiger partial charge in [0.15, 0.2) is 0 Å². The Balaban J connectivity index is 1.60. The van der Waals surface area contributed by atoms with Gasteiger partial charge >= 0.3 is 0 Å². The molecule has 3 aromatic heterocycles. The number of hydrogen-bond donors (Lipinski definition) is 0. The molecule has 0 aromatic carbocycles. The number of hydrogen-bond acceptors (Lipinski definition) is 6. The molecule has 0 bridgehead atoms. The van der Waals surface area contributed by atoms with Crippen LogP contribution in [0.4, 0.5) is 0 Å². The smallest absolute Gasteiger partial charge is 0.291 e. The summed E-state index contributed by atoms with van der Waals surface area (Å²) in [6, 6.07) is 3.86.